The van der Waals surface area contributed by atoms with E-state index in [1.54, 1.807) is 5.56 Å². The van der Waals surface area contributed by atoms with E-state index in [0.717, 1.165) is 0 Å². The van der Waals surface area contributed by atoms with Crippen LogP contribution >= 0.6 is 0 Å². The van der Waals surface area contributed by atoms with E-state index in [1.165, 1.54) is 49.2 Å². The van der Waals surface area contributed by atoms with Crippen LogP contribution < -0.4 is 4.90 Å². The number of benzene rings is 1. The van der Waals surface area contributed by atoms with Gasteiger partial charge >= 0.3 is 0 Å². The molecule has 1 nitrogen and oxygen atoms in total. The number of aryl methyl sites for hydroxylation is 1. The number of unbranched alkanes of at least 4 members (excludes halogenated alkanes) is 1. The highest BCUT2D eigenvalue weighted by Gasteiger charge is 2.20. The minimum atomic E-state index is 1.22. The Balaban J connectivity index is 2.24. The van der Waals surface area contributed by atoms with Crippen molar-refractivity contribution >= 4 is 5.69 Å². The molecule has 0 aliphatic carbocycles. The molecule has 0 unspecified atom stereocenters. The van der Waals surface area contributed by atoms with Crippen molar-refractivity contribution in [3.63, 3.8) is 0 Å². The molecular formula is C14H21N. The van der Waals surface area contributed by atoms with Crippen LogP contribution in [0.5, 0.6) is 0 Å². The molecule has 1 heteroatoms. The first-order valence-corrected chi connectivity index (χ1v) is 6.08. The summed E-state index contributed by atoms with van der Waals surface area (Å²) < 4.78 is 0. The molecule has 0 saturated heterocycles. The highest BCUT2D eigenvalue weighted by Crippen LogP contribution is 2.32. The summed E-state index contributed by atoms with van der Waals surface area (Å²) >= 11 is 0. The molecule has 1 aromatic carbocycles. The molecule has 0 N–H and O–H groups in total. The maximum absolute atomic E-state index is 2.55. The third kappa shape index (κ3) is 1.88. The molecule has 0 radical (unpaired) electrons. The van der Waals surface area contributed by atoms with Gasteiger partial charge in [-0.3, -0.25) is 0 Å². The zero-order valence-corrected chi connectivity index (χ0v) is 10.1. The Morgan fingerprint density at radius 1 is 1.27 bits per heavy atom. The quantitative estimate of drug-likeness (QED) is 0.727. The Hall–Kier alpha value is -0.980. The number of rotatable bonds is 3. The molecule has 82 valence electrons. The van der Waals surface area contributed by atoms with Gasteiger partial charge in [0.2, 0.25) is 0 Å². The molecule has 0 bridgehead atoms. The summed E-state index contributed by atoms with van der Waals surface area (Å²) in [6.07, 6.45) is 3.84. The predicted octanol–water partition coefficient (Wildman–Crippen LogP) is 3.47. The van der Waals surface area contributed by atoms with Crippen molar-refractivity contribution in [2.45, 2.75) is 40.0 Å². The van der Waals surface area contributed by atoms with Gasteiger partial charge in [-0.25, -0.2) is 0 Å². The molecule has 0 atom stereocenters. The Bertz CT molecular complexity index is 355. The number of fused-ring (bicyclic) bond motifs is 1. The Labute approximate surface area is 93.1 Å². The maximum atomic E-state index is 2.55. The third-order valence-electron chi connectivity index (χ3n) is 3.60. The molecule has 0 saturated carbocycles. The van der Waals surface area contributed by atoms with Gasteiger partial charge in [0.05, 0.1) is 0 Å². The lowest BCUT2D eigenvalue weighted by molar-refractivity contribution is 0.736. The fourth-order valence-electron chi connectivity index (χ4n) is 2.42. The van der Waals surface area contributed by atoms with Crippen LogP contribution in [0.2, 0.25) is 0 Å². The van der Waals surface area contributed by atoms with E-state index in [2.05, 4.69) is 37.8 Å². The highest BCUT2D eigenvalue weighted by atomic mass is 15.1. The van der Waals surface area contributed by atoms with Crippen molar-refractivity contribution < 1.29 is 0 Å². The molecule has 0 spiro atoms. The normalized spacial score (nSPS) is 14.5. The molecule has 1 aliphatic rings. The topological polar surface area (TPSA) is 3.24 Å². The highest BCUT2D eigenvalue weighted by molar-refractivity contribution is 5.62. The first kappa shape index (κ1) is 10.5. The molecule has 2 rings (SSSR count). The number of hydrogen-bond acceptors (Lipinski definition) is 1. The number of anilines is 1. The minimum Gasteiger partial charge on any atom is -0.371 e. The Kier molecular flexibility index (Phi) is 2.99. The monoisotopic (exact) mass is 203 g/mol. The Morgan fingerprint density at radius 2 is 2.07 bits per heavy atom. The van der Waals surface area contributed by atoms with Gasteiger partial charge in [-0.05, 0) is 49.4 Å². The van der Waals surface area contributed by atoms with E-state index in [-0.39, 0.29) is 0 Å². The maximum Gasteiger partial charge on any atom is 0.0402 e. The van der Waals surface area contributed by atoms with Gasteiger partial charge in [0.1, 0.15) is 0 Å². The SMILES string of the molecule is CCCCN1CCc2c1ccc(C)c2C. The summed E-state index contributed by atoms with van der Waals surface area (Å²) in [7, 11) is 0. The average molecular weight is 203 g/mol. The van der Waals surface area contributed by atoms with Crippen LogP contribution in [-0.4, -0.2) is 13.1 Å². The van der Waals surface area contributed by atoms with E-state index >= 15 is 0 Å². The summed E-state index contributed by atoms with van der Waals surface area (Å²) in [6, 6.07) is 4.57. The molecule has 1 aliphatic heterocycles. The lowest BCUT2D eigenvalue weighted by atomic mass is 10.0. The lowest BCUT2D eigenvalue weighted by Gasteiger charge is -2.19. The molecule has 15 heavy (non-hydrogen) atoms. The first-order chi connectivity index (χ1) is 7.24. The molecule has 0 aromatic heterocycles. The van der Waals surface area contributed by atoms with Gasteiger partial charge < -0.3 is 4.90 Å². The smallest absolute Gasteiger partial charge is 0.0402 e. The summed E-state index contributed by atoms with van der Waals surface area (Å²) in [5.41, 5.74) is 6.02. The van der Waals surface area contributed by atoms with Gasteiger partial charge in [0.15, 0.2) is 0 Å². The van der Waals surface area contributed by atoms with Crippen LogP contribution in [-0.2, 0) is 6.42 Å². The van der Waals surface area contributed by atoms with Crippen LogP contribution in [0.4, 0.5) is 5.69 Å². The van der Waals surface area contributed by atoms with E-state index in [9.17, 15) is 0 Å². The molecule has 1 aromatic rings. The second-order valence-electron chi connectivity index (χ2n) is 4.60. The van der Waals surface area contributed by atoms with Gasteiger partial charge in [0.25, 0.3) is 0 Å². The molecular weight excluding hydrogens is 182 g/mol. The predicted molar refractivity (Wildman–Crippen MR) is 66.7 cm³/mol. The van der Waals surface area contributed by atoms with Crippen LogP contribution in [0.15, 0.2) is 12.1 Å². The van der Waals surface area contributed by atoms with Crippen molar-refractivity contribution in [3.8, 4) is 0 Å². The second-order valence-corrected chi connectivity index (χ2v) is 4.60. The largest absolute Gasteiger partial charge is 0.371 e. The van der Waals surface area contributed by atoms with Crippen LogP contribution in [0.25, 0.3) is 0 Å². The minimum absolute atomic E-state index is 1.22. The van der Waals surface area contributed by atoms with E-state index in [0.29, 0.717) is 0 Å². The molecule has 0 fully saturated rings. The summed E-state index contributed by atoms with van der Waals surface area (Å²) in [5.74, 6) is 0. The number of hydrogen-bond donors (Lipinski definition) is 0. The second kappa shape index (κ2) is 4.26. The summed E-state index contributed by atoms with van der Waals surface area (Å²) in [6.45, 7) is 9.19. The van der Waals surface area contributed by atoms with E-state index < -0.39 is 0 Å². The number of nitrogens with zero attached hydrogens (tertiary/aromatic N) is 1. The summed E-state index contributed by atoms with van der Waals surface area (Å²) in [5, 5.41) is 0. The van der Waals surface area contributed by atoms with Crippen molar-refractivity contribution in [2.75, 3.05) is 18.0 Å². The zero-order valence-electron chi connectivity index (χ0n) is 10.1. The fraction of sp³-hybridized carbons (Fsp3) is 0.571. The van der Waals surface area contributed by atoms with Crippen molar-refractivity contribution in [1.82, 2.24) is 0 Å². The van der Waals surface area contributed by atoms with Crippen molar-refractivity contribution in [2.24, 2.45) is 0 Å². The van der Waals surface area contributed by atoms with Gasteiger partial charge in [-0.2, -0.15) is 0 Å². The van der Waals surface area contributed by atoms with Crippen LogP contribution in [0.3, 0.4) is 0 Å². The standard InChI is InChI=1S/C14H21N/c1-4-5-9-15-10-8-13-12(3)11(2)6-7-14(13)15/h6-7H,4-5,8-10H2,1-3H3. The van der Waals surface area contributed by atoms with Crippen LogP contribution in [0.1, 0.15) is 36.5 Å². The first-order valence-electron chi connectivity index (χ1n) is 6.08. The van der Waals surface area contributed by atoms with E-state index in [4.69, 9.17) is 0 Å². The molecule has 1 heterocycles. The third-order valence-corrected chi connectivity index (χ3v) is 3.60. The van der Waals surface area contributed by atoms with E-state index in [1.807, 2.05) is 0 Å². The summed E-state index contributed by atoms with van der Waals surface area (Å²) in [4.78, 5) is 2.55. The van der Waals surface area contributed by atoms with Gasteiger partial charge in [0, 0.05) is 18.8 Å². The van der Waals surface area contributed by atoms with Crippen LogP contribution in [0, 0.1) is 13.8 Å². The fourth-order valence-corrected chi connectivity index (χ4v) is 2.42. The van der Waals surface area contributed by atoms with Crippen molar-refractivity contribution in [1.29, 1.82) is 0 Å². The average Bonchev–Trinajstić information content (AvgIpc) is 2.64. The van der Waals surface area contributed by atoms with Crippen molar-refractivity contribution in [3.05, 3.63) is 28.8 Å². The van der Waals surface area contributed by atoms with Gasteiger partial charge in [-0.15, -0.1) is 0 Å². The van der Waals surface area contributed by atoms with Gasteiger partial charge in [-0.1, -0.05) is 19.4 Å². The molecule has 0 amide bonds. The Morgan fingerprint density at radius 3 is 2.80 bits per heavy atom. The zero-order chi connectivity index (χ0) is 10.8. The lowest BCUT2D eigenvalue weighted by Crippen LogP contribution is -2.21.